The van der Waals surface area contributed by atoms with Gasteiger partial charge in [0.15, 0.2) is 11.0 Å². The van der Waals surface area contributed by atoms with E-state index in [9.17, 15) is 9.18 Å². The summed E-state index contributed by atoms with van der Waals surface area (Å²) >= 11 is 1.27. The SMILES string of the molecule is Cc1ccc(N(CCC#N)C(=O)CSc2nnc(-c3ccc(F)cc3)n2C)cc1. The molecular weight excluding hydrogens is 389 g/mol. The first-order valence-electron chi connectivity index (χ1n) is 9.01. The second kappa shape index (κ2) is 9.34. The molecule has 0 saturated heterocycles. The van der Waals surface area contributed by atoms with E-state index in [0.29, 0.717) is 17.5 Å². The third kappa shape index (κ3) is 5.00. The van der Waals surface area contributed by atoms with Crippen molar-refractivity contribution >= 4 is 23.4 Å². The highest BCUT2D eigenvalue weighted by Gasteiger charge is 2.18. The molecule has 3 aromatic rings. The van der Waals surface area contributed by atoms with Crippen LogP contribution in [0.25, 0.3) is 11.4 Å². The summed E-state index contributed by atoms with van der Waals surface area (Å²) in [6.45, 7) is 2.31. The van der Waals surface area contributed by atoms with Crippen molar-refractivity contribution < 1.29 is 9.18 Å². The summed E-state index contributed by atoms with van der Waals surface area (Å²) in [5.74, 6) is 0.333. The van der Waals surface area contributed by atoms with Crippen molar-refractivity contribution in [2.45, 2.75) is 18.5 Å². The van der Waals surface area contributed by atoms with Crippen LogP contribution in [0.2, 0.25) is 0 Å². The van der Waals surface area contributed by atoms with Gasteiger partial charge >= 0.3 is 0 Å². The predicted molar refractivity (Wildman–Crippen MR) is 111 cm³/mol. The van der Waals surface area contributed by atoms with E-state index >= 15 is 0 Å². The fourth-order valence-electron chi connectivity index (χ4n) is 2.78. The molecular formula is C21H20FN5OS. The molecule has 0 atom stereocenters. The average Bonchev–Trinajstić information content (AvgIpc) is 3.09. The molecule has 0 radical (unpaired) electrons. The van der Waals surface area contributed by atoms with Gasteiger partial charge in [-0.15, -0.1) is 10.2 Å². The number of nitriles is 1. The quantitative estimate of drug-likeness (QED) is 0.552. The maximum Gasteiger partial charge on any atom is 0.237 e. The number of carbonyl (C=O) groups excluding carboxylic acids is 1. The fraction of sp³-hybridized carbons (Fsp3) is 0.238. The molecule has 0 N–H and O–H groups in total. The van der Waals surface area contributed by atoms with Crippen LogP contribution in [0.3, 0.4) is 0 Å². The molecule has 0 saturated carbocycles. The number of amides is 1. The van der Waals surface area contributed by atoms with Gasteiger partial charge < -0.3 is 9.47 Å². The number of carbonyl (C=O) groups is 1. The van der Waals surface area contributed by atoms with E-state index in [1.54, 1.807) is 28.6 Å². The topological polar surface area (TPSA) is 74.8 Å². The monoisotopic (exact) mass is 409 g/mol. The van der Waals surface area contributed by atoms with Gasteiger partial charge in [-0.3, -0.25) is 4.79 Å². The van der Waals surface area contributed by atoms with Gasteiger partial charge in [-0.25, -0.2) is 4.39 Å². The zero-order valence-corrected chi connectivity index (χ0v) is 17.0. The van der Waals surface area contributed by atoms with Gasteiger partial charge in [0.1, 0.15) is 5.82 Å². The standard InChI is InChI=1S/C21H20FN5OS/c1-15-4-10-18(11-5-15)27(13-3-12-23)19(28)14-29-21-25-24-20(26(21)2)16-6-8-17(22)9-7-16/h4-11H,3,13-14H2,1-2H3. The number of nitrogens with zero attached hydrogens (tertiary/aromatic N) is 5. The lowest BCUT2D eigenvalue weighted by Crippen LogP contribution is -2.33. The Balaban J connectivity index is 1.72. The average molecular weight is 409 g/mol. The van der Waals surface area contributed by atoms with Crippen LogP contribution in [0.4, 0.5) is 10.1 Å². The van der Waals surface area contributed by atoms with Crippen molar-refractivity contribution in [1.29, 1.82) is 5.26 Å². The van der Waals surface area contributed by atoms with Crippen molar-refractivity contribution in [1.82, 2.24) is 14.8 Å². The molecule has 1 amide bonds. The lowest BCUT2D eigenvalue weighted by atomic mass is 10.2. The molecule has 0 unspecified atom stereocenters. The van der Waals surface area contributed by atoms with Crippen LogP contribution < -0.4 is 4.90 Å². The molecule has 6 nitrogen and oxygen atoms in total. The minimum atomic E-state index is -0.315. The summed E-state index contributed by atoms with van der Waals surface area (Å²) in [6, 6.07) is 15.7. The molecule has 0 fully saturated rings. The van der Waals surface area contributed by atoms with Crippen molar-refractivity contribution in [2.75, 3.05) is 17.2 Å². The number of aryl methyl sites for hydroxylation is 1. The lowest BCUT2D eigenvalue weighted by Gasteiger charge is -2.21. The largest absolute Gasteiger partial charge is 0.311 e. The normalized spacial score (nSPS) is 10.6. The van der Waals surface area contributed by atoms with Crippen LogP contribution in [0.1, 0.15) is 12.0 Å². The zero-order chi connectivity index (χ0) is 20.8. The van der Waals surface area contributed by atoms with Crippen molar-refractivity contribution in [3.8, 4) is 17.5 Å². The van der Waals surface area contributed by atoms with Crippen LogP contribution in [0, 0.1) is 24.1 Å². The van der Waals surface area contributed by atoms with Crippen molar-refractivity contribution in [3.63, 3.8) is 0 Å². The molecule has 3 rings (SSSR count). The van der Waals surface area contributed by atoms with Crippen molar-refractivity contribution in [2.24, 2.45) is 7.05 Å². The minimum Gasteiger partial charge on any atom is -0.311 e. The zero-order valence-electron chi connectivity index (χ0n) is 16.2. The van der Waals surface area contributed by atoms with Crippen molar-refractivity contribution in [3.05, 3.63) is 59.9 Å². The predicted octanol–water partition coefficient (Wildman–Crippen LogP) is 3.97. The maximum absolute atomic E-state index is 13.1. The van der Waals surface area contributed by atoms with E-state index < -0.39 is 0 Å². The number of benzene rings is 2. The Hall–Kier alpha value is -3.18. The highest BCUT2D eigenvalue weighted by molar-refractivity contribution is 7.99. The summed E-state index contributed by atoms with van der Waals surface area (Å²) in [6.07, 6.45) is 0.253. The van der Waals surface area contributed by atoms with Gasteiger partial charge in [-0.1, -0.05) is 29.5 Å². The Labute approximate surface area is 173 Å². The first-order chi connectivity index (χ1) is 14.0. The molecule has 0 aliphatic carbocycles. The van der Waals surface area contributed by atoms with Crippen LogP contribution in [-0.2, 0) is 11.8 Å². The Kier molecular flexibility index (Phi) is 6.62. The van der Waals surface area contributed by atoms with Gasteiger partial charge in [-0.05, 0) is 43.3 Å². The van der Waals surface area contributed by atoms with Crippen LogP contribution >= 0.6 is 11.8 Å². The molecule has 8 heteroatoms. The molecule has 0 spiro atoms. The first-order valence-corrected chi connectivity index (χ1v) is 10.0. The summed E-state index contributed by atoms with van der Waals surface area (Å²) in [5.41, 5.74) is 2.61. The Morgan fingerprint density at radius 1 is 1.17 bits per heavy atom. The number of rotatable bonds is 7. The molecule has 29 heavy (non-hydrogen) atoms. The van der Waals surface area contributed by atoms with Crippen LogP contribution in [0.15, 0.2) is 53.7 Å². The highest BCUT2D eigenvalue weighted by atomic mass is 32.2. The molecule has 148 valence electrons. The summed E-state index contributed by atoms with van der Waals surface area (Å²) in [5, 5.41) is 17.8. The lowest BCUT2D eigenvalue weighted by molar-refractivity contribution is -0.116. The molecule has 2 aromatic carbocycles. The minimum absolute atomic E-state index is 0.111. The van der Waals surface area contributed by atoms with Gasteiger partial charge in [-0.2, -0.15) is 5.26 Å². The van der Waals surface area contributed by atoms with Gasteiger partial charge in [0.2, 0.25) is 5.91 Å². The van der Waals surface area contributed by atoms with Crippen LogP contribution in [-0.4, -0.2) is 33.0 Å². The Morgan fingerprint density at radius 2 is 1.86 bits per heavy atom. The number of anilines is 1. The highest BCUT2D eigenvalue weighted by Crippen LogP contribution is 2.24. The molecule has 1 aromatic heterocycles. The second-order valence-corrected chi connectivity index (χ2v) is 7.39. The third-order valence-electron chi connectivity index (χ3n) is 4.36. The summed E-state index contributed by atoms with van der Waals surface area (Å²) < 4.78 is 14.9. The molecule has 0 aliphatic rings. The number of thioether (sulfide) groups is 1. The van der Waals surface area contributed by atoms with Gasteiger partial charge in [0.25, 0.3) is 0 Å². The van der Waals surface area contributed by atoms with E-state index in [1.807, 2.05) is 31.2 Å². The van der Waals surface area contributed by atoms with Gasteiger partial charge in [0.05, 0.1) is 18.2 Å². The second-order valence-electron chi connectivity index (χ2n) is 6.45. The summed E-state index contributed by atoms with van der Waals surface area (Å²) in [7, 11) is 1.80. The number of hydrogen-bond acceptors (Lipinski definition) is 5. The number of hydrogen-bond donors (Lipinski definition) is 0. The molecule has 0 bridgehead atoms. The number of halogens is 1. The molecule has 1 heterocycles. The summed E-state index contributed by atoms with van der Waals surface area (Å²) in [4.78, 5) is 14.4. The van der Waals surface area contributed by atoms with E-state index in [1.165, 1.54) is 23.9 Å². The fourth-order valence-corrected chi connectivity index (χ4v) is 3.57. The Morgan fingerprint density at radius 3 is 2.52 bits per heavy atom. The maximum atomic E-state index is 13.1. The van der Waals surface area contributed by atoms with E-state index in [2.05, 4.69) is 16.3 Å². The smallest absolute Gasteiger partial charge is 0.237 e. The van der Waals surface area contributed by atoms with Crippen LogP contribution in [0.5, 0.6) is 0 Å². The number of aromatic nitrogens is 3. The van der Waals surface area contributed by atoms with Gasteiger partial charge in [0, 0.05) is 24.8 Å². The van der Waals surface area contributed by atoms with E-state index in [4.69, 9.17) is 5.26 Å². The van der Waals surface area contributed by atoms with E-state index in [0.717, 1.165) is 16.8 Å². The Bertz CT molecular complexity index is 1020. The third-order valence-corrected chi connectivity index (χ3v) is 5.36. The molecule has 0 aliphatic heterocycles. The van der Waals surface area contributed by atoms with E-state index in [-0.39, 0.29) is 23.9 Å². The first kappa shape index (κ1) is 20.6.